The third-order valence-electron chi connectivity index (χ3n) is 3.83. The number of aromatic nitrogens is 4. The predicted octanol–water partition coefficient (Wildman–Crippen LogP) is 2.68. The second kappa shape index (κ2) is 8.15. The summed E-state index contributed by atoms with van der Waals surface area (Å²) in [6.45, 7) is 1.90. The van der Waals surface area contributed by atoms with Crippen molar-refractivity contribution in [3.8, 4) is 5.69 Å². The van der Waals surface area contributed by atoms with E-state index in [-0.39, 0.29) is 25.2 Å². The van der Waals surface area contributed by atoms with Crippen LogP contribution in [-0.2, 0) is 16.1 Å². The maximum absolute atomic E-state index is 12.1. The first-order valence-corrected chi connectivity index (χ1v) is 8.21. The molecule has 3 rings (SSSR count). The van der Waals surface area contributed by atoms with E-state index in [4.69, 9.17) is 4.74 Å². The summed E-state index contributed by atoms with van der Waals surface area (Å²) in [4.78, 5) is 24.0. The van der Waals surface area contributed by atoms with Crippen LogP contribution in [0.15, 0.2) is 54.6 Å². The van der Waals surface area contributed by atoms with Crippen molar-refractivity contribution in [2.75, 3.05) is 0 Å². The Balaban J connectivity index is 1.51. The first kappa shape index (κ1) is 17.5. The number of tetrazole rings is 1. The lowest BCUT2D eigenvalue weighted by molar-refractivity contribution is -0.145. The van der Waals surface area contributed by atoms with Crippen LogP contribution in [0, 0.1) is 6.92 Å². The Morgan fingerprint density at radius 1 is 1.00 bits per heavy atom. The van der Waals surface area contributed by atoms with Crippen molar-refractivity contribution in [1.29, 1.82) is 0 Å². The zero-order valence-corrected chi connectivity index (χ0v) is 14.3. The molecular weight excluding hydrogens is 332 g/mol. The Hall–Kier alpha value is -3.35. The molecule has 132 valence electrons. The smallest absolute Gasteiger partial charge is 0.306 e. The second-order valence-corrected chi connectivity index (χ2v) is 5.79. The molecule has 0 saturated carbocycles. The fraction of sp³-hybridized carbons (Fsp3) is 0.211. The number of rotatable bonds is 7. The number of ketones is 1. The second-order valence-electron chi connectivity index (χ2n) is 5.79. The van der Waals surface area contributed by atoms with E-state index in [1.54, 1.807) is 12.1 Å². The van der Waals surface area contributed by atoms with E-state index in [1.807, 2.05) is 49.4 Å². The molecule has 0 bridgehead atoms. The van der Waals surface area contributed by atoms with Crippen LogP contribution in [0.4, 0.5) is 0 Å². The van der Waals surface area contributed by atoms with Crippen LogP contribution in [0.25, 0.3) is 5.69 Å². The number of hydrogen-bond donors (Lipinski definition) is 0. The summed E-state index contributed by atoms with van der Waals surface area (Å²) < 4.78 is 6.70. The predicted molar refractivity (Wildman–Crippen MR) is 93.7 cm³/mol. The molecule has 3 aromatic rings. The summed E-state index contributed by atoms with van der Waals surface area (Å²) >= 11 is 0. The van der Waals surface area contributed by atoms with E-state index in [2.05, 4.69) is 15.5 Å². The van der Waals surface area contributed by atoms with Crippen LogP contribution < -0.4 is 0 Å². The average molecular weight is 350 g/mol. The normalized spacial score (nSPS) is 10.5. The lowest BCUT2D eigenvalue weighted by Crippen LogP contribution is -2.11. The first-order chi connectivity index (χ1) is 12.6. The molecule has 0 atom stereocenters. The molecule has 26 heavy (non-hydrogen) atoms. The molecule has 7 nitrogen and oxygen atoms in total. The van der Waals surface area contributed by atoms with Gasteiger partial charge in [0.1, 0.15) is 0 Å². The molecule has 0 spiro atoms. The lowest BCUT2D eigenvalue weighted by Gasteiger charge is -2.06. The van der Waals surface area contributed by atoms with Gasteiger partial charge >= 0.3 is 5.97 Å². The summed E-state index contributed by atoms with van der Waals surface area (Å²) in [7, 11) is 0. The number of carbonyl (C=O) groups excluding carboxylic acids is 2. The third-order valence-corrected chi connectivity index (χ3v) is 3.83. The summed E-state index contributed by atoms with van der Waals surface area (Å²) in [6, 6.07) is 16.6. The SMILES string of the molecule is Cc1ccc(C(=O)CCC(=O)OCc2nnnn2-c2ccccc2)cc1. The van der Waals surface area contributed by atoms with Gasteiger partial charge in [-0.25, -0.2) is 0 Å². The van der Waals surface area contributed by atoms with E-state index < -0.39 is 5.97 Å². The van der Waals surface area contributed by atoms with Gasteiger partial charge < -0.3 is 4.74 Å². The number of aryl methyl sites for hydroxylation is 1. The molecule has 0 radical (unpaired) electrons. The van der Waals surface area contributed by atoms with Crippen LogP contribution >= 0.6 is 0 Å². The molecular formula is C19H18N4O3. The monoisotopic (exact) mass is 350 g/mol. The molecule has 0 saturated heterocycles. The average Bonchev–Trinajstić information content (AvgIpc) is 3.14. The first-order valence-electron chi connectivity index (χ1n) is 8.21. The molecule has 0 unspecified atom stereocenters. The number of nitrogens with zero attached hydrogens (tertiary/aromatic N) is 4. The van der Waals surface area contributed by atoms with Gasteiger partial charge in [-0.3, -0.25) is 9.59 Å². The minimum Gasteiger partial charge on any atom is -0.457 e. The molecule has 1 aromatic heterocycles. The standard InChI is InChI=1S/C19H18N4O3/c1-14-7-9-15(10-8-14)17(24)11-12-19(25)26-13-18-20-21-22-23(18)16-5-3-2-4-6-16/h2-10H,11-13H2,1H3. The number of hydrogen-bond acceptors (Lipinski definition) is 6. The molecule has 0 amide bonds. The van der Waals surface area contributed by atoms with Gasteiger partial charge in [0, 0.05) is 12.0 Å². The van der Waals surface area contributed by atoms with Crippen molar-refractivity contribution >= 4 is 11.8 Å². The Bertz CT molecular complexity index is 889. The van der Waals surface area contributed by atoms with Gasteiger partial charge in [-0.15, -0.1) is 5.10 Å². The van der Waals surface area contributed by atoms with Crippen molar-refractivity contribution in [1.82, 2.24) is 20.2 Å². The van der Waals surface area contributed by atoms with E-state index in [9.17, 15) is 9.59 Å². The fourth-order valence-electron chi connectivity index (χ4n) is 2.38. The summed E-state index contributed by atoms with van der Waals surface area (Å²) in [5, 5.41) is 11.4. The summed E-state index contributed by atoms with van der Waals surface area (Å²) in [5.74, 6) is -0.140. The summed E-state index contributed by atoms with van der Waals surface area (Å²) in [5.41, 5.74) is 2.45. The van der Waals surface area contributed by atoms with Gasteiger partial charge in [-0.05, 0) is 29.5 Å². The minimum absolute atomic E-state index is 0.0135. The molecule has 1 heterocycles. The van der Waals surface area contributed by atoms with Crippen LogP contribution in [0.5, 0.6) is 0 Å². The van der Waals surface area contributed by atoms with Crippen molar-refractivity contribution in [3.05, 3.63) is 71.5 Å². The van der Waals surface area contributed by atoms with Crippen LogP contribution in [0.2, 0.25) is 0 Å². The van der Waals surface area contributed by atoms with Gasteiger partial charge in [-0.2, -0.15) is 4.68 Å². The van der Waals surface area contributed by atoms with Gasteiger partial charge in [0.05, 0.1) is 12.1 Å². The third kappa shape index (κ3) is 4.38. The number of para-hydroxylation sites is 1. The Morgan fingerprint density at radius 2 is 1.73 bits per heavy atom. The minimum atomic E-state index is -0.465. The highest BCUT2D eigenvalue weighted by atomic mass is 16.5. The van der Waals surface area contributed by atoms with Gasteiger partial charge in [0.2, 0.25) is 0 Å². The van der Waals surface area contributed by atoms with Crippen molar-refractivity contribution in [2.45, 2.75) is 26.4 Å². The van der Waals surface area contributed by atoms with Crippen LogP contribution in [0.3, 0.4) is 0 Å². The van der Waals surface area contributed by atoms with Crippen molar-refractivity contribution < 1.29 is 14.3 Å². The van der Waals surface area contributed by atoms with Gasteiger partial charge in [0.15, 0.2) is 18.2 Å². The molecule has 2 aromatic carbocycles. The number of carbonyl (C=O) groups is 2. The van der Waals surface area contributed by atoms with Crippen molar-refractivity contribution in [2.24, 2.45) is 0 Å². The lowest BCUT2D eigenvalue weighted by atomic mass is 10.1. The molecule has 0 aliphatic carbocycles. The number of Topliss-reactive ketones (excluding diaryl/α,β-unsaturated/α-hetero) is 1. The van der Waals surface area contributed by atoms with E-state index >= 15 is 0 Å². The number of benzene rings is 2. The molecule has 0 N–H and O–H groups in total. The van der Waals surface area contributed by atoms with Crippen LogP contribution in [0.1, 0.15) is 34.6 Å². The van der Waals surface area contributed by atoms with Gasteiger partial charge in [0.25, 0.3) is 0 Å². The molecule has 7 heteroatoms. The maximum atomic E-state index is 12.1. The van der Waals surface area contributed by atoms with E-state index in [0.717, 1.165) is 11.3 Å². The van der Waals surface area contributed by atoms with Crippen LogP contribution in [-0.4, -0.2) is 32.0 Å². The molecule has 0 aliphatic rings. The van der Waals surface area contributed by atoms with E-state index in [0.29, 0.717) is 11.4 Å². The quantitative estimate of drug-likeness (QED) is 0.481. The maximum Gasteiger partial charge on any atom is 0.306 e. The zero-order chi connectivity index (χ0) is 18.4. The highest BCUT2D eigenvalue weighted by Crippen LogP contribution is 2.10. The zero-order valence-electron chi connectivity index (χ0n) is 14.3. The number of ether oxygens (including phenoxy) is 1. The largest absolute Gasteiger partial charge is 0.457 e. The highest BCUT2D eigenvalue weighted by molar-refractivity contribution is 5.97. The number of esters is 1. The Morgan fingerprint density at radius 3 is 2.46 bits per heavy atom. The topological polar surface area (TPSA) is 87.0 Å². The van der Waals surface area contributed by atoms with Crippen molar-refractivity contribution in [3.63, 3.8) is 0 Å². The Kier molecular flexibility index (Phi) is 5.48. The Labute approximate surface area is 150 Å². The van der Waals surface area contributed by atoms with E-state index in [1.165, 1.54) is 4.68 Å². The highest BCUT2D eigenvalue weighted by Gasteiger charge is 2.13. The summed E-state index contributed by atoms with van der Waals surface area (Å²) in [6.07, 6.45) is 0.116. The molecule has 0 fully saturated rings. The fourth-order valence-corrected chi connectivity index (χ4v) is 2.38. The molecule has 0 aliphatic heterocycles. The van der Waals surface area contributed by atoms with Gasteiger partial charge in [-0.1, -0.05) is 48.0 Å².